The van der Waals surface area contributed by atoms with E-state index in [1.165, 1.54) is 17.6 Å². The highest BCUT2D eigenvalue weighted by Gasteiger charge is 2.26. The largest absolute Gasteiger partial charge is 0.490 e. The van der Waals surface area contributed by atoms with Crippen molar-refractivity contribution in [3.8, 4) is 5.75 Å². The predicted molar refractivity (Wildman–Crippen MR) is 106 cm³/mol. The van der Waals surface area contributed by atoms with Crippen molar-refractivity contribution < 1.29 is 13.2 Å². The van der Waals surface area contributed by atoms with Crippen LogP contribution in [-0.4, -0.2) is 56.9 Å². The van der Waals surface area contributed by atoms with Gasteiger partial charge in [-0.3, -0.25) is 4.98 Å². The van der Waals surface area contributed by atoms with Crippen molar-refractivity contribution in [2.75, 3.05) is 37.4 Å². The number of hydrogen-bond acceptors (Lipinski definition) is 8. The molecule has 142 valence electrons. The van der Waals surface area contributed by atoms with Gasteiger partial charge in [-0.2, -0.15) is 0 Å². The first-order chi connectivity index (χ1) is 13.0. The Morgan fingerprint density at radius 3 is 3.04 bits per heavy atom. The molecule has 1 atom stereocenters. The number of aromatic nitrogens is 2. The minimum atomic E-state index is -3.23. The average molecular weight is 405 g/mol. The zero-order valence-electron chi connectivity index (χ0n) is 14.8. The molecular formula is C18H20N4O3S2. The van der Waals surface area contributed by atoms with E-state index in [9.17, 15) is 8.42 Å². The quantitative estimate of drug-likeness (QED) is 0.696. The summed E-state index contributed by atoms with van der Waals surface area (Å²) in [6, 6.07) is 8.96. The van der Waals surface area contributed by atoms with Gasteiger partial charge >= 0.3 is 0 Å². The Balaban J connectivity index is 1.57. The second-order valence-electron chi connectivity index (χ2n) is 6.45. The third-order valence-electron chi connectivity index (χ3n) is 4.45. The molecule has 1 aliphatic rings. The van der Waals surface area contributed by atoms with Crippen LogP contribution in [0.4, 0.5) is 5.13 Å². The molecule has 1 unspecified atom stereocenters. The monoisotopic (exact) mass is 404 g/mol. The fraction of sp³-hybridized carbons (Fsp3) is 0.333. The minimum Gasteiger partial charge on any atom is -0.490 e. The van der Waals surface area contributed by atoms with E-state index in [4.69, 9.17) is 9.72 Å². The Morgan fingerprint density at radius 2 is 2.26 bits per heavy atom. The number of hydrogen-bond donors (Lipinski definition) is 1. The number of benzene rings is 1. The lowest BCUT2D eigenvalue weighted by molar-refractivity contribution is 0.266. The normalized spacial score (nSPS) is 18.0. The zero-order chi connectivity index (χ0) is 18.9. The molecule has 7 nitrogen and oxygen atoms in total. The van der Waals surface area contributed by atoms with E-state index >= 15 is 0 Å². The molecule has 3 aromatic rings. The predicted octanol–water partition coefficient (Wildman–Crippen LogP) is 1.95. The Morgan fingerprint density at radius 1 is 1.37 bits per heavy atom. The maximum Gasteiger partial charge on any atom is 0.186 e. The standard InChI is InChI=1S/C18H20N4O3S2/c1-27(23,24)15-4-5-16-17(9-15)26-18(21-16)22-8-7-20-10-13(22)12-25-14-3-2-6-19-11-14/h2-6,9,11,13,20H,7-8,10,12H2,1H3. The van der Waals surface area contributed by atoms with Crippen LogP contribution in [0.25, 0.3) is 10.2 Å². The SMILES string of the molecule is CS(=O)(=O)c1ccc2nc(N3CCNCC3COc3cccnc3)sc2c1. The summed E-state index contributed by atoms with van der Waals surface area (Å²) in [4.78, 5) is 11.3. The molecule has 1 aliphatic heterocycles. The number of nitrogens with one attached hydrogen (secondary N) is 1. The number of thiazole rings is 1. The molecule has 1 saturated heterocycles. The third-order valence-corrected chi connectivity index (χ3v) is 6.61. The van der Waals surface area contributed by atoms with Crippen LogP contribution in [-0.2, 0) is 9.84 Å². The minimum absolute atomic E-state index is 0.133. The number of pyridine rings is 1. The fourth-order valence-corrected chi connectivity index (χ4v) is 4.86. The summed E-state index contributed by atoms with van der Waals surface area (Å²) in [5, 5.41) is 4.28. The van der Waals surface area contributed by atoms with Crippen LogP contribution in [0.5, 0.6) is 5.75 Å². The summed E-state index contributed by atoms with van der Waals surface area (Å²) in [7, 11) is -3.23. The van der Waals surface area contributed by atoms with Crippen LogP contribution in [0.2, 0.25) is 0 Å². The van der Waals surface area contributed by atoms with Crippen LogP contribution in [0.1, 0.15) is 0 Å². The maximum absolute atomic E-state index is 11.8. The molecule has 1 fully saturated rings. The molecule has 9 heteroatoms. The van der Waals surface area contributed by atoms with Gasteiger partial charge in [-0.1, -0.05) is 11.3 Å². The smallest absolute Gasteiger partial charge is 0.186 e. The molecular weight excluding hydrogens is 384 g/mol. The van der Waals surface area contributed by atoms with Crippen molar-refractivity contribution in [2.24, 2.45) is 0 Å². The van der Waals surface area contributed by atoms with Gasteiger partial charge in [0.05, 0.1) is 27.4 Å². The van der Waals surface area contributed by atoms with Crippen LogP contribution < -0.4 is 15.0 Å². The first-order valence-electron chi connectivity index (χ1n) is 8.61. The topological polar surface area (TPSA) is 84.4 Å². The Labute approximate surface area is 161 Å². The second kappa shape index (κ2) is 7.41. The number of anilines is 1. The summed E-state index contributed by atoms with van der Waals surface area (Å²) < 4.78 is 30.4. The first kappa shape index (κ1) is 18.1. The third kappa shape index (κ3) is 4.05. The zero-order valence-corrected chi connectivity index (χ0v) is 16.5. The van der Waals surface area contributed by atoms with Gasteiger partial charge in [-0.25, -0.2) is 13.4 Å². The van der Waals surface area contributed by atoms with Crippen molar-refractivity contribution in [2.45, 2.75) is 10.9 Å². The van der Waals surface area contributed by atoms with Crippen molar-refractivity contribution in [1.82, 2.24) is 15.3 Å². The molecule has 27 heavy (non-hydrogen) atoms. The maximum atomic E-state index is 11.8. The van der Waals surface area contributed by atoms with E-state index in [1.807, 2.05) is 12.1 Å². The van der Waals surface area contributed by atoms with Gasteiger partial charge in [0.1, 0.15) is 12.4 Å². The highest BCUT2D eigenvalue weighted by atomic mass is 32.2. The molecule has 3 heterocycles. The van der Waals surface area contributed by atoms with Gasteiger partial charge in [0.25, 0.3) is 0 Å². The van der Waals surface area contributed by atoms with E-state index in [-0.39, 0.29) is 6.04 Å². The van der Waals surface area contributed by atoms with E-state index in [0.717, 1.165) is 40.7 Å². The number of piperazine rings is 1. The van der Waals surface area contributed by atoms with Crippen LogP contribution in [0.3, 0.4) is 0 Å². The van der Waals surface area contributed by atoms with Gasteiger partial charge < -0.3 is 15.0 Å². The summed E-state index contributed by atoms with van der Waals surface area (Å²) in [5.74, 6) is 0.741. The molecule has 2 aromatic heterocycles. The number of sulfone groups is 1. The Hall–Kier alpha value is -2.23. The van der Waals surface area contributed by atoms with Gasteiger partial charge in [0.2, 0.25) is 0 Å². The first-order valence-corrected chi connectivity index (χ1v) is 11.3. The molecule has 0 amide bonds. The molecule has 1 aromatic carbocycles. The lowest BCUT2D eigenvalue weighted by Gasteiger charge is -2.35. The second-order valence-corrected chi connectivity index (χ2v) is 9.47. The number of nitrogens with zero attached hydrogens (tertiary/aromatic N) is 3. The highest BCUT2D eigenvalue weighted by molar-refractivity contribution is 7.90. The number of fused-ring (bicyclic) bond motifs is 1. The van der Waals surface area contributed by atoms with Gasteiger partial charge in [0.15, 0.2) is 15.0 Å². The lowest BCUT2D eigenvalue weighted by Crippen LogP contribution is -2.54. The van der Waals surface area contributed by atoms with Gasteiger partial charge in [-0.05, 0) is 30.3 Å². The van der Waals surface area contributed by atoms with Crippen molar-refractivity contribution in [3.05, 3.63) is 42.7 Å². The van der Waals surface area contributed by atoms with E-state index < -0.39 is 9.84 Å². The van der Waals surface area contributed by atoms with Crippen molar-refractivity contribution >= 4 is 36.5 Å². The Kier molecular flexibility index (Phi) is 4.98. The lowest BCUT2D eigenvalue weighted by atomic mass is 10.2. The summed E-state index contributed by atoms with van der Waals surface area (Å²) in [6.45, 7) is 3.00. The number of rotatable bonds is 5. The number of ether oxygens (including phenoxy) is 1. The van der Waals surface area contributed by atoms with E-state index in [2.05, 4.69) is 15.2 Å². The Bertz CT molecular complexity index is 1040. The van der Waals surface area contributed by atoms with Crippen molar-refractivity contribution in [3.63, 3.8) is 0 Å². The highest BCUT2D eigenvalue weighted by Crippen LogP contribution is 2.32. The molecule has 4 rings (SSSR count). The van der Waals surface area contributed by atoms with E-state index in [0.29, 0.717) is 11.5 Å². The molecule has 0 bridgehead atoms. The van der Waals surface area contributed by atoms with Crippen LogP contribution in [0, 0.1) is 0 Å². The van der Waals surface area contributed by atoms with Crippen molar-refractivity contribution in [1.29, 1.82) is 0 Å². The van der Waals surface area contributed by atoms with Gasteiger partial charge in [-0.15, -0.1) is 0 Å². The average Bonchev–Trinajstić information content (AvgIpc) is 3.10. The van der Waals surface area contributed by atoms with E-state index in [1.54, 1.807) is 30.6 Å². The molecule has 0 spiro atoms. The molecule has 0 saturated carbocycles. The molecule has 1 N–H and O–H groups in total. The van der Waals surface area contributed by atoms with Crippen LogP contribution >= 0.6 is 11.3 Å². The summed E-state index contributed by atoms with van der Waals surface area (Å²) >= 11 is 1.51. The van der Waals surface area contributed by atoms with Gasteiger partial charge in [0, 0.05) is 32.1 Å². The molecule has 0 aliphatic carbocycles. The fourth-order valence-electron chi connectivity index (χ4n) is 3.03. The summed E-state index contributed by atoms with van der Waals surface area (Å²) in [5.41, 5.74) is 0.813. The van der Waals surface area contributed by atoms with Crippen LogP contribution in [0.15, 0.2) is 47.6 Å². The molecule has 0 radical (unpaired) electrons. The summed E-state index contributed by atoms with van der Waals surface area (Å²) in [6.07, 6.45) is 4.64.